The van der Waals surface area contributed by atoms with E-state index in [0.717, 1.165) is 11.3 Å². The first-order valence-corrected chi connectivity index (χ1v) is 10.7. The summed E-state index contributed by atoms with van der Waals surface area (Å²) in [5.74, 6) is 1.04. The molecule has 1 aromatic heterocycles. The normalized spacial score (nSPS) is 11.5. The van der Waals surface area contributed by atoms with Gasteiger partial charge in [0.15, 0.2) is 0 Å². The first-order chi connectivity index (χ1) is 13.3. The molecule has 28 heavy (non-hydrogen) atoms. The van der Waals surface area contributed by atoms with Crippen LogP contribution in [-0.2, 0) is 10.0 Å². The third-order valence-electron chi connectivity index (χ3n) is 4.58. The van der Waals surface area contributed by atoms with E-state index in [1.807, 2.05) is 12.1 Å². The second kappa shape index (κ2) is 8.02. The molecule has 3 aromatic rings. The predicted molar refractivity (Wildman–Crippen MR) is 115 cm³/mol. The molecule has 0 unspecified atom stereocenters. The number of nitrogens with zero attached hydrogens (tertiary/aromatic N) is 1. The lowest BCUT2D eigenvalue weighted by molar-refractivity contribution is 0.600. The molecule has 1 heterocycles. The molecule has 0 aliphatic carbocycles. The molecule has 0 spiro atoms. The average Bonchev–Trinajstić information content (AvgIpc) is 2.64. The molecule has 0 atom stereocenters. The number of nitrogens with one attached hydrogen (secondary N) is 2. The van der Waals surface area contributed by atoms with Crippen LogP contribution in [0.25, 0.3) is 0 Å². The zero-order chi connectivity index (χ0) is 20.3. The standard InChI is InChI=1S/C22H25N3O2S/c1-15(2)19-10-7-9-17(4)22(19)24-21-13-12-18(14-23-21)25-28(26,27)20-11-6-5-8-16(20)3/h5-15,25H,1-4H3,(H,23,24). The summed E-state index contributed by atoms with van der Waals surface area (Å²) in [6, 6.07) is 16.6. The molecule has 0 fully saturated rings. The molecule has 0 aliphatic heterocycles. The summed E-state index contributed by atoms with van der Waals surface area (Å²) in [6.45, 7) is 8.13. The number of anilines is 3. The van der Waals surface area contributed by atoms with Crippen molar-refractivity contribution in [1.82, 2.24) is 4.98 Å². The van der Waals surface area contributed by atoms with Crippen LogP contribution in [0.2, 0.25) is 0 Å². The fourth-order valence-electron chi connectivity index (χ4n) is 3.07. The second-order valence-corrected chi connectivity index (χ2v) is 8.77. The SMILES string of the molecule is Cc1ccccc1S(=O)(=O)Nc1ccc(Nc2c(C)cccc2C(C)C)nc1. The average molecular weight is 396 g/mol. The van der Waals surface area contributed by atoms with Gasteiger partial charge < -0.3 is 5.32 Å². The highest BCUT2D eigenvalue weighted by atomic mass is 32.2. The monoisotopic (exact) mass is 395 g/mol. The number of benzene rings is 2. The minimum Gasteiger partial charge on any atom is -0.340 e. The Labute approximate surface area is 166 Å². The summed E-state index contributed by atoms with van der Waals surface area (Å²) in [7, 11) is -3.65. The van der Waals surface area contributed by atoms with Crippen LogP contribution in [0.5, 0.6) is 0 Å². The summed E-state index contributed by atoms with van der Waals surface area (Å²) in [5, 5.41) is 3.36. The van der Waals surface area contributed by atoms with Gasteiger partial charge in [0.2, 0.25) is 0 Å². The van der Waals surface area contributed by atoms with Gasteiger partial charge in [0.1, 0.15) is 5.82 Å². The zero-order valence-corrected chi connectivity index (χ0v) is 17.3. The van der Waals surface area contributed by atoms with E-state index >= 15 is 0 Å². The lowest BCUT2D eigenvalue weighted by Gasteiger charge is -2.17. The summed E-state index contributed by atoms with van der Waals surface area (Å²) in [6.07, 6.45) is 1.52. The molecule has 0 amide bonds. The Hall–Kier alpha value is -2.86. The Morgan fingerprint density at radius 1 is 0.893 bits per heavy atom. The van der Waals surface area contributed by atoms with Crippen molar-refractivity contribution in [2.45, 2.75) is 38.5 Å². The maximum Gasteiger partial charge on any atom is 0.262 e. The van der Waals surface area contributed by atoms with Crippen molar-refractivity contribution in [2.75, 3.05) is 10.0 Å². The zero-order valence-electron chi connectivity index (χ0n) is 16.5. The summed E-state index contributed by atoms with van der Waals surface area (Å²) in [4.78, 5) is 4.64. The number of para-hydroxylation sites is 1. The van der Waals surface area contributed by atoms with E-state index < -0.39 is 10.0 Å². The van der Waals surface area contributed by atoms with Crippen LogP contribution in [0.4, 0.5) is 17.2 Å². The van der Waals surface area contributed by atoms with E-state index in [9.17, 15) is 8.42 Å². The molecular formula is C22H25N3O2S. The highest BCUT2D eigenvalue weighted by Crippen LogP contribution is 2.30. The van der Waals surface area contributed by atoms with Crippen LogP contribution in [0.3, 0.4) is 0 Å². The molecule has 5 nitrogen and oxygen atoms in total. The first-order valence-electron chi connectivity index (χ1n) is 9.19. The van der Waals surface area contributed by atoms with Crippen LogP contribution in [0.1, 0.15) is 36.5 Å². The van der Waals surface area contributed by atoms with Crippen molar-refractivity contribution < 1.29 is 8.42 Å². The quantitative estimate of drug-likeness (QED) is 0.589. The summed E-state index contributed by atoms with van der Waals surface area (Å²) in [5.41, 5.74) is 4.51. The van der Waals surface area contributed by atoms with Crippen molar-refractivity contribution in [3.05, 3.63) is 77.5 Å². The van der Waals surface area contributed by atoms with Gasteiger partial charge in [-0.25, -0.2) is 13.4 Å². The molecule has 2 N–H and O–H groups in total. The minimum absolute atomic E-state index is 0.263. The van der Waals surface area contributed by atoms with Gasteiger partial charge >= 0.3 is 0 Å². The number of rotatable bonds is 6. The molecule has 0 radical (unpaired) electrons. The second-order valence-electron chi connectivity index (χ2n) is 7.12. The van der Waals surface area contributed by atoms with Gasteiger partial charge in [0.05, 0.1) is 16.8 Å². The minimum atomic E-state index is -3.65. The molecule has 0 saturated carbocycles. The Morgan fingerprint density at radius 3 is 2.25 bits per heavy atom. The van der Waals surface area contributed by atoms with E-state index in [1.54, 1.807) is 37.3 Å². The van der Waals surface area contributed by atoms with Crippen molar-refractivity contribution in [1.29, 1.82) is 0 Å². The van der Waals surface area contributed by atoms with Crippen molar-refractivity contribution in [3.63, 3.8) is 0 Å². The Morgan fingerprint density at radius 2 is 1.61 bits per heavy atom. The predicted octanol–water partition coefficient (Wildman–Crippen LogP) is 5.37. The highest BCUT2D eigenvalue weighted by Gasteiger charge is 2.16. The molecule has 3 rings (SSSR count). The maximum atomic E-state index is 12.6. The van der Waals surface area contributed by atoms with Crippen LogP contribution in [0, 0.1) is 13.8 Å². The topological polar surface area (TPSA) is 71.1 Å². The number of aromatic nitrogens is 1. The van der Waals surface area contributed by atoms with Gasteiger partial charge in [-0.15, -0.1) is 0 Å². The Bertz CT molecular complexity index is 1080. The van der Waals surface area contributed by atoms with Gasteiger partial charge in [-0.1, -0.05) is 50.2 Å². The van der Waals surface area contributed by atoms with E-state index in [-0.39, 0.29) is 4.90 Å². The van der Waals surface area contributed by atoms with Gasteiger partial charge in [-0.05, 0) is 54.7 Å². The van der Waals surface area contributed by atoms with E-state index in [0.29, 0.717) is 23.0 Å². The highest BCUT2D eigenvalue weighted by molar-refractivity contribution is 7.92. The number of hydrogen-bond acceptors (Lipinski definition) is 4. The van der Waals surface area contributed by atoms with Crippen molar-refractivity contribution >= 4 is 27.2 Å². The van der Waals surface area contributed by atoms with Crippen LogP contribution >= 0.6 is 0 Å². The number of hydrogen-bond donors (Lipinski definition) is 2. The smallest absolute Gasteiger partial charge is 0.262 e. The van der Waals surface area contributed by atoms with Gasteiger partial charge in [-0.3, -0.25) is 4.72 Å². The molecule has 146 valence electrons. The van der Waals surface area contributed by atoms with Crippen LogP contribution < -0.4 is 10.0 Å². The van der Waals surface area contributed by atoms with E-state index in [2.05, 4.69) is 47.9 Å². The van der Waals surface area contributed by atoms with Gasteiger partial charge in [-0.2, -0.15) is 0 Å². The third-order valence-corrected chi connectivity index (χ3v) is 6.12. The Kier molecular flexibility index (Phi) is 5.70. The fraction of sp³-hybridized carbons (Fsp3) is 0.227. The summed E-state index contributed by atoms with van der Waals surface area (Å²) < 4.78 is 27.8. The fourth-order valence-corrected chi connectivity index (χ4v) is 4.36. The third kappa shape index (κ3) is 4.34. The molecule has 2 aromatic carbocycles. The first kappa shape index (κ1) is 19.9. The lowest BCUT2D eigenvalue weighted by Crippen LogP contribution is -2.14. The van der Waals surface area contributed by atoms with Gasteiger partial charge in [0.25, 0.3) is 10.0 Å². The largest absolute Gasteiger partial charge is 0.340 e. The van der Waals surface area contributed by atoms with Crippen molar-refractivity contribution in [2.24, 2.45) is 0 Å². The maximum absolute atomic E-state index is 12.6. The van der Waals surface area contributed by atoms with Gasteiger partial charge in [0, 0.05) is 5.69 Å². The lowest BCUT2D eigenvalue weighted by atomic mass is 9.98. The van der Waals surface area contributed by atoms with E-state index in [4.69, 9.17) is 0 Å². The number of sulfonamides is 1. The van der Waals surface area contributed by atoms with Crippen LogP contribution in [-0.4, -0.2) is 13.4 Å². The van der Waals surface area contributed by atoms with Crippen molar-refractivity contribution in [3.8, 4) is 0 Å². The number of aryl methyl sites for hydroxylation is 2. The van der Waals surface area contributed by atoms with Crippen LogP contribution in [0.15, 0.2) is 65.7 Å². The molecule has 6 heteroatoms. The molecular weight excluding hydrogens is 370 g/mol. The van der Waals surface area contributed by atoms with E-state index in [1.165, 1.54) is 11.8 Å². The summed E-state index contributed by atoms with van der Waals surface area (Å²) >= 11 is 0. The molecule has 0 aliphatic rings. The molecule has 0 saturated heterocycles. The number of pyridine rings is 1. The molecule has 0 bridgehead atoms. The Balaban J connectivity index is 1.81.